The normalized spacial score (nSPS) is 10.3. The van der Waals surface area contributed by atoms with Crippen LogP contribution in [-0.4, -0.2) is 29.3 Å². The highest BCUT2D eigenvalue weighted by molar-refractivity contribution is 14.1. The molecule has 0 atom stereocenters. The quantitative estimate of drug-likeness (QED) is 0.0174. The third kappa shape index (κ3) is 54.2. The van der Waals surface area contributed by atoms with Crippen molar-refractivity contribution < 1.29 is 54.5 Å². The van der Waals surface area contributed by atoms with Crippen LogP contribution in [0, 0.1) is 41.2 Å². The highest BCUT2D eigenvalue weighted by Gasteiger charge is 2.32. The van der Waals surface area contributed by atoms with Gasteiger partial charge < -0.3 is 79.6 Å². The van der Waals surface area contributed by atoms with Gasteiger partial charge in [0, 0.05) is 130 Å². The Bertz CT molecular complexity index is 5480. The number of hydrogen-bond acceptors (Lipinski definition) is 20. The molecule has 36 heteroatoms. The van der Waals surface area contributed by atoms with Crippen molar-refractivity contribution in [3.05, 3.63) is 456 Å². The molecule has 29 N–H and O–H groups in total. The second-order valence-electron chi connectivity index (χ2n) is 29.6. The van der Waals surface area contributed by atoms with Gasteiger partial charge in [0.2, 0.25) is 10.0 Å². The minimum atomic E-state index is -4.30. The van der Waals surface area contributed by atoms with Crippen molar-refractivity contribution >= 4 is 120 Å². The number of primary sulfonamides is 1. The van der Waals surface area contributed by atoms with E-state index in [-0.39, 0.29) is 40.3 Å². The summed E-state index contributed by atoms with van der Waals surface area (Å²) in [4.78, 5) is 30.0. The lowest BCUT2D eigenvalue weighted by molar-refractivity contribution is -0.385. The van der Waals surface area contributed by atoms with E-state index >= 15 is 0 Å². The van der Waals surface area contributed by atoms with Gasteiger partial charge in [-0.1, -0.05) is 268 Å². The van der Waals surface area contributed by atoms with E-state index in [1.54, 1.807) is 60.7 Å². The van der Waals surface area contributed by atoms with Gasteiger partial charge in [0.15, 0.2) is 0 Å². The van der Waals surface area contributed by atoms with Crippen molar-refractivity contribution in [2.75, 3.05) is 0 Å². The largest absolute Gasteiger partial charge is 0.478 e. The van der Waals surface area contributed by atoms with Crippen molar-refractivity contribution in [1.82, 2.24) is 0 Å². The van der Waals surface area contributed by atoms with Gasteiger partial charge >= 0.3 is 18.3 Å². The maximum Gasteiger partial charge on any atom is 0.416 e. The number of nitro benzene ring substituents is 2. The molecule has 13 aromatic carbocycles. The number of benzene rings is 13. The highest BCUT2D eigenvalue weighted by Crippen LogP contribution is 2.32. The molecule has 0 saturated carbocycles. The Kier molecular flexibility index (Phi) is 62.1. The second kappa shape index (κ2) is 68.1. The summed E-state index contributed by atoms with van der Waals surface area (Å²) in [5.41, 5.74) is 85.6. The van der Waals surface area contributed by atoms with Gasteiger partial charge in [-0.25, -0.2) is 18.4 Å². The van der Waals surface area contributed by atoms with E-state index in [2.05, 4.69) is 194 Å². The van der Waals surface area contributed by atoms with Crippen molar-refractivity contribution in [3.63, 3.8) is 0 Å². The predicted octanol–water partition coefficient (Wildman–Crippen LogP) is 20.5. The van der Waals surface area contributed by atoms with Crippen LogP contribution in [0.4, 0.5) is 37.7 Å². The van der Waals surface area contributed by atoms with Gasteiger partial charge in [0.1, 0.15) is 0 Å². The maximum atomic E-state index is 12.2. The topological polar surface area (TPSA) is 522 Å². The standard InChI is InChI=1S/C11H17N.C9H13N.2C8H8F3N.C8H9NO2.3C7H8BrN.2C7H8IN.C7H10N2O2S.2C7H8N2O2/c1-11(2,3)10-6-4-9(8-12)5-7-10;1-7-3-8(2)5-9(4-7)6-10;9-8(10,11)7-3-1-6(5-12)2-4-7;9-8(10,11)7-4-2-1-3-6(7)5-12;9-5-6-1-3-7(4-2-6)8(10)11;8-7-3-1-6(5-9)2-4-7;8-7-3-1-2-6(4-7)5-9;8-7-4-2-1-3-6(7)5-9;8-7-3-1-6(5-9)2-4-7;8-7-3-1-2-6(4-7)5-9;8-5-6-1-3-7(4-2-6)12(9,10)11;8-5-6-1-3-7(4-2-6)9(10)11;8-5-6-2-1-3-7(4-6)9(10)11/h4-7H,8,12H2,1-3H3;3-5H,6,10H2,1-2H3;2*1-4H,5,12H2;1-4H,5,9H2,(H,10,11);5*1-4H,5,9H2;1-4H,5,8H2,(H2,9,10,11);2*1-4H,5,8H2. The maximum absolute atomic E-state index is 12.2. The van der Waals surface area contributed by atoms with Crippen LogP contribution in [0.2, 0.25) is 0 Å². The molecule has 0 spiro atoms. The van der Waals surface area contributed by atoms with Gasteiger partial charge in [-0.3, -0.25) is 20.2 Å². The van der Waals surface area contributed by atoms with E-state index < -0.39 is 49.3 Å². The number of non-ortho nitro benzene ring substituents is 2. The lowest BCUT2D eigenvalue weighted by atomic mass is 9.87. The third-order valence-electron chi connectivity index (χ3n) is 18.0. The summed E-state index contributed by atoms with van der Waals surface area (Å²) in [5.74, 6) is -0.909. The van der Waals surface area contributed by atoms with Gasteiger partial charge in [-0.05, 0) is 239 Å². The first-order valence-corrected chi connectivity index (χ1v) is 47.5. The number of nitrogens with two attached hydrogens (primary N) is 14. The number of rotatable bonds is 17. The minimum absolute atomic E-state index is 0.0876. The average molecular weight is 2310 g/mol. The molecule has 0 heterocycles. The van der Waals surface area contributed by atoms with Gasteiger partial charge in [-0.2, -0.15) is 26.3 Å². The van der Waals surface area contributed by atoms with E-state index in [4.69, 9.17) is 84.8 Å². The fourth-order valence-corrected chi connectivity index (χ4v) is 13.2. The summed E-state index contributed by atoms with van der Waals surface area (Å²) >= 11 is 14.6. The number of hydrogen-bond donors (Lipinski definition) is 15. The first kappa shape index (κ1) is 124. The Morgan fingerprint density at radius 2 is 0.691 bits per heavy atom. The SMILES string of the molecule is CC(C)(C)c1ccc(CN)cc1.Cc1cc(C)cc(CN)c1.NCc1ccc(Br)cc1.NCc1ccc(C(=O)O)cc1.NCc1ccc(C(F)(F)F)cc1.NCc1ccc(I)cc1.NCc1ccc(S(N)(=O)=O)cc1.NCc1ccc([N+](=O)[O-])cc1.NCc1cccc(Br)c1.NCc1cccc(I)c1.NCc1cccc([N+](=O)[O-])c1.NCc1ccccc1Br.NCc1ccccc1C(F)(F)F. The number of sulfonamides is 1. The van der Waals surface area contributed by atoms with Crippen molar-refractivity contribution in [2.45, 2.75) is 142 Å². The number of aryl methyl sites for hydroxylation is 2. The summed E-state index contributed by atoms with van der Waals surface area (Å²) in [6.07, 6.45) is -8.55. The average Bonchev–Trinajstić information content (AvgIpc) is 0.843. The Labute approximate surface area is 845 Å². The lowest BCUT2D eigenvalue weighted by Gasteiger charge is -2.18. The molecule has 732 valence electrons. The predicted molar refractivity (Wildman–Crippen MR) is 565 cm³/mol. The van der Waals surface area contributed by atoms with Gasteiger partial charge in [0.05, 0.1) is 31.4 Å². The molecule has 0 aliphatic heterocycles. The molecule has 0 aromatic heterocycles. The van der Waals surface area contributed by atoms with E-state index in [0.717, 1.165) is 65.0 Å². The zero-order valence-electron chi connectivity index (χ0n) is 76.0. The smallest absolute Gasteiger partial charge is 0.416 e. The molecule has 13 rings (SSSR count). The molecule has 0 bridgehead atoms. The summed E-state index contributed by atoms with van der Waals surface area (Å²) in [7, 11) is -3.57. The van der Waals surface area contributed by atoms with Crippen LogP contribution in [0.15, 0.2) is 328 Å². The van der Waals surface area contributed by atoms with Crippen LogP contribution in [0.3, 0.4) is 0 Å². The Morgan fingerprint density at radius 1 is 0.346 bits per heavy atom. The number of carbonyl (C=O) groups is 1. The summed E-state index contributed by atoms with van der Waals surface area (Å²) < 4.78 is 99.9. The van der Waals surface area contributed by atoms with Crippen LogP contribution in [0.5, 0.6) is 0 Å². The summed E-state index contributed by atoms with van der Waals surface area (Å²) in [6.45, 7) is 16.9. The van der Waals surface area contributed by atoms with E-state index in [0.29, 0.717) is 83.1 Å². The molecular formula is C100H121Br3F6I2N16O8S. The first-order valence-electron chi connectivity index (χ1n) is 41.5. The number of halogens is 11. The summed E-state index contributed by atoms with van der Waals surface area (Å²) in [6, 6.07) is 90.5. The number of nitro groups is 2. The van der Waals surface area contributed by atoms with Crippen LogP contribution < -0.4 is 79.7 Å². The van der Waals surface area contributed by atoms with Crippen molar-refractivity contribution in [3.8, 4) is 0 Å². The Balaban J connectivity index is 0.000000738. The summed E-state index contributed by atoms with van der Waals surface area (Å²) in [5, 5.41) is 33.8. The van der Waals surface area contributed by atoms with Crippen LogP contribution in [-0.2, 0) is 113 Å². The molecule has 0 aliphatic carbocycles. The Morgan fingerprint density at radius 3 is 1.02 bits per heavy atom. The first-order chi connectivity index (χ1) is 64.2. The minimum Gasteiger partial charge on any atom is -0.478 e. The number of nitrogens with zero attached hydrogens (tertiary/aromatic N) is 2. The van der Waals surface area contributed by atoms with E-state index in [9.17, 15) is 59.8 Å². The van der Waals surface area contributed by atoms with Gasteiger partial charge in [-0.15, -0.1) is 0 Å². The number of carboxylic acid groups (broad SMARTS) is 1. The zero-order chi connectivity index (χ0) is 103. The fourth-order valence-electron chi connectivity index (χ4n) is 10.5. The van der Waals surface area contributed by atoms with Crippen molar-refractivity contribution in [1.29, 1.82) is 0 Å². The van der Waals surface area contributed by atoms with Crippen molar-refractivity contribution in [2.24, 2.45) is 79.7 Å². The second-order valence-corrected chi connectivity index (χ2v) is 36.3. The number of aromatic carboxylic acids is 1. The molecule has 0 radical (unpaired) electrons. The lowest BCUT2D eigenvalue weighted by Crippen LogP contribution is -2.12. The van der Waals surface area contributed by atoms with Crippen LogP contribution in [0.1, 0.15) is 131 Å². The van der Waals surface area contributed by atoms with Crippen LogP contribution in [0.25, 0.3) is 0 Å². The zero-order valence-corrected chi connectivity index (χ0v) is 85.9. The number of carboxylic acids is 1. The molecule has 136 heavy (non-hydrogen) atoms. The fraction of sp³-hybridized carbons (Fsp3) is 0.210. The molecule has 0 fully saturated rings. The molecule has 0 aliphatic rings. The molecule has 13 aromatic rings. The molecular weight excluding hydrogens is 2190 g/mol. The molecule has 0 unspecified atom stereocenters. The highest BCUT2D eigenvalue weighted by atomic mass is 127. The third-order valence-corrected chi connectivity index (χ3v) is 22.1. The molecule has 0 saturated heterocycles. The monoisotopic (exact) mass is 2310 g/mol. The molecule has 24 nitrogen and oxygen atoms in total. The molecule has 0 amide bonds. The van der Waals surface area contributed by atoms with E-state index in [1.807, 2.05) is 97.1 Å². The van der Waals surface area contributed by atoms with Gasteiger partial charge in [0.25, 0.3) is 11.4 Å². The van der Waals surface area contributed by atoms with E-state index in [1.165, 1.54) is 118 Å². The number of alkyl halides is 6. The van der Waals surface area contributed by atoms with Crippen LogP contribution >= 0.6 is 93.0 Å². The Hall–Kier alpha value is -10.0.